The number of ether oxygens (including phenoxy) is 3. The number of ketones is 1. The largest absolute Gasteiger partial charge is 0.469 e. The quantitative estimate of drug-likeness (QED) is 0.551. The summed E-state index contributed by atoms with van der Waals surface area (Å²) in [4.78, 5) is 24.2. The molecule has 2 aliphatic heterocycles. The number of piperidine rings is 1. The van der Waals surface area contributed by atoms with Crippen LogP contribution >= 0.6 is 0 Å². The number of rotatable bonds is 7. The first-order valence-electron chi connectivity index (χ1n) is 10.5. The molecule has 1 aromatic carbocycles. The molecule has 160 valence electrons. The van der Waals surface area contributed by atoms with E-state index < -0.39 is 0 Å². The summed E-state index contributed by atoms with van der Waals surface area (Å²) in [6, 6.07) is 5.75. The van der Waals surface area contributed by atoms with E-state index in [2.05, 4.69) is 17.4 Å². The predicted octanol–water partition coefficient (Wildman–Crippen LogP) is 3.36. The maximum absolute atomic E-state index is 12.3. The number of methoxy groups -OCH3 is 1. The van der Waals surface area contributed by atoms with Crippen molar-refractivity contribution in [3.05, 3.63) is 29.3 Å². The molecule has 2 saturated heterocycles. The Balaban J connectivity index is 1.82. The van der Waals surface area contributed by atoms with Crippen LogP contribution in [0.2, 0.25) is 0 Å². The molecule has 3 rings (SSSR count). The molecule has 29 heavy (non-hydrogen) atoms. The van der Waals surface area contributed by atoms with Gasteiger partial charge in [-0.05, 0) is 43.0 Å². The second kappa shape index (κ2) is 10.2. The predicted molar refractivity (Wildman–Crippen MR) is 110 cm³/mol. The lowest BCUT2D eigenvalue weighted by Crippen LogP contribution is -2.42. The molecule has 7 heteroatoms. The molecule has 7 nitrogen and oxygen atoms in total. The maximum atomic E-state index is 12.3. The molecule has 0 aromatic heterocycles. The number of carbonyl (C=O) groups excluding carboxylic acids is 2. The van der Waals surface area contributed by atoms with Crippen molar-refractivity contribution < 1.29 is 23.8 Å². The van der Waals surface area contributed by atoms with Gasteiger partial charge in [0.2, 0.25) is 0 Å². The smallest absolute Gasteiger partial charge is 0.310 e. The van der Waals surface area contributed by atoms with Gasteiger partial charge >= 0.3 is 5.97 Å². The second-order valence-electron chi connectivity index (χ2n) is 7.75. The third-order valence-corrected chi connectivity index (χ3v) is 5.68. The number of Topliss-reactive ketones (excluding diaryl/α,β-unsaturated/α-hetero) is 1. The van der Waals surface area contributed by atoms with E-state index in [4.69, 9.17) is 14.2 Å². The lowest BCUT2D eigenvalue weighted by molar-refractivity contribution is -0.187. The zero-order chi connectivity index (χ0) is 20.8. The Labute approximate surface area is 172 Å². The molecule has 0 spiro atoms. The van der Waals surface area contributed by atoms with E-state index in [0.29, 0.717) is 31.7 Å². The zero-order valence-corrected chi connectivity index (χ0v) is 17.6. The Bertz CT molecular complexity index is 717. The van der Waals surface area contributed by atoms with Gasteiger partial charge in [0, 0.05) is 31.0 Å². The molecule has 0 radical (unpaired) electrons. The Hall–Kier alpha value is -1.96. The number of benzene rings is 1. The van der Waals surface area contributed by atoms with Gasteiger partial charge in [0.15, 0.2) is 12.1 Å². The number of hydrogen-bond donors (Lipinski definition) is 1. The van der Waals surface area contributed by atoms with Gasteiger partial charge in [-0.25, -0.2) is 5.01 Å². The van der Waals surface area contributed by atoms with Gasteiger partial charge in [-0.3, -0.25) is 9.59 Å². The number of nitrogens with zero attached hydrogens (tertiary/aromatic N) is 1. The first kappa shape index (κ1) is 21.7. The fourth-order valence-electron chi connectivity index (χ4n) is 3.97. The molecule has 0 bridgehead atoms. The van der Waals surface area contributed by atoms with E-state index in [1.54, 1.807) is 0 Å². The van der Waals surface area contributed by atoms with Gasteiger partial charge in [-0.1, -0.05) is 13.8 Å². The molecule has 0 amide bonds. The lowest BCUT2D eigenvalue weighted by Gasteiger charge is -2.34. The average Bonchev–Trinajstić information content (AvgIpc) is 2.78. The molecule has 0 saturated carbocycles. The van der Waals surface area contributed by atoms with Gasteiger partial charge in [-0.15, -0.1) is 0 Å². The van der Waals surface area contributed by atoms with Crippen molar-refractivity contribution in [2.75, 3.05) is 38.8 Å². The molecule has 1 N–H and O–H groups in total. The highest BCUT2D eigenvalue weighted by Crippen LogP contribution is 2.32. The van der Waals surface area contributed by atoms with Crippen LogP contribution in [0.1, 0.15) is 61.4 Å². The van der Waals surface area contributed by atoms with Crippen molar-refractivity contribution in [3.8, 4) is 0 Å². The lowest BCUT2D eigenvalue weighted by atomic mass is 9.94. The Morgan fingerprint density at radius 2 is 2.03 bits per heavy atom. The summed E-state index contributed by atoms with van der Waals surface area (Å²) in [6.45, 7) is 6.71. The van der Waals surface area contributed by atoms with Crippen LogP contribution < -0.4 is 5.43 Å². The van der Waals surface area contributed by atoms with E-state index in [0.717, 1.165) is 37.1 Å². The van der Waals surface area contributed by atoms with Crippen molar-refractivity contribution in [3.63, 3.8) is 0 Å². The SMILES string of the molecule is CCC(=O)c1ccc(NN2CCCC(C(=O)OC)C2)c(C(C)C2OCCCO2)c1. The number of anilines is 1. The zero-order valence-electron chi connectivity index (χ0n) is 17.6. The van der Waals surface area contributed by atoms with Crippen LogP contribution in [0.4, 0.5) is 5.69 Å². The van der Waals surface area contributed by atoms with Crippen molar-refractivity contribution >= 4 is 17.4 Å². The van der Waals surface area contributed by atoms with Crippen molar-refractivity contribution in [2.45, 2.75) is 51.7 Å². The maximum Gasteiger partial charge on any atom is 0.310 e. The van der Waals surface area contributed by atoms with Crippen LogP contribution in [0.25, 0.3) is 0 Å². The van der Waals surface area contributed by atoms with E-state index in [-0.39, 0.29) is 29.9 Å². The Morgan fingerprint density at radius 1 is 1.28 bits per heavy atom. The summed E-state index contributed by atoms with van der Waals surface area (Å²) >= 11 is 0. The summed E-state index contributed by atoms with van der Waals surface area (Å²) in [5.41, 5.74) is 6.06. The molecule has 2 atom stereocenters. The van der Waals surface area contributed by atoms with Crippen molar-refractivity contribution in [1.82, 2.24) is 5.01 Å². The normalized spacial score (nSPS) is 22.1. The van der Waals surface area contributed by atoms with Gasteiger partial charge in [0.25, 0.3) is 0 Å². The minimum Gasteiger partial charge on any atom is -0.469 e. The average molecular weight is 405 g/mol. The molecule has 2 unspecified atom stereocenters. The van der Waals surface area contributed by atoms with Crippen molar-refractivity contribution in [1.29, 1.82) is 0 Å². The summed E-state index contributed by atoms with van der Waals surface area (Å²) < 4.78 is 16.6. The van der Waals surface area contributed by atoms with Crippen LogP contribution in [0.5, 0.6) is 0 Å². The highest BCUT2D eigenvalue weighted by Gasteiger charge is 2.29. The molecular formula is C22H32N2O5. The van der Waals surface area contributed by atoms with Crippen LogP contribution in [-0.2, 0) is 19.0 Å². The highest BCUT2D eigenvalue weighted by atomic mass is 16.7. The summed E-state index contributed by atoms with van der Waals surface area (Å²) in [5.74, 6) is -0.228. The molecule has 2 aliphatic rings. The number of nitrogens with one attached hydrogen (secondary N) is 1. The van der Waals surface area contributed by atoms with Crippen LogP contribution in [0.15, 0.2) is 18.2 Å². The van der Waals surface area contributed by atoms with E-state index in [1.807, 2.05) is 25.1 Å². The van der Waals surface area contributed by atoms with E-state index >= 15 is 0 Å². The minimum atomic E-state index is -0.333. The van der Waals surface area contributed by atoms with Gasteiger partial charge in [0.05, 0.1) is 31.9 Å². The standard InChI is InChI=1S/C22H32N2O5/c1-4-20(25)16-8-9-19(18(13-16)15(2)22-28-11-6-12-29-22)23-24-10-5-7-17(14-24)21(26)27-3/h8-9,13,15,17,22-23H,4-7,10-12,14H2,1-3H3. The fraction of sp³-hybridized carbons (Fsp3) is 0.636. The van der Waals surface area contributed by atoms with Crippen LogP contribution in [-0.4, -0.2) is 56.5 Å². The third kappa shape index (κ3) is 5.35. The first-order chi connectivity index (χ1) is 14.0. The van der Waals surface area contributed by atoms with E-state index in [9.17, 15) is 9.59 Å². The Kier molecular flexibility index (Phi) is 7.64. The van der Waals surface area contributed by atoms with Gasteiger partial charge in [0.1, 0.15) is 0 Å². The molecule has 2 heterocycles. The number of hydrogen-bond acceptors (Lipinski definition) is 7. The van der Waals surface area contributed by atoms with Crippen molar-refractivity contribution in [2.24, 2.45) is 5.92 Å². The Morgan fingerprint density at radius 3 is 2.72 bits per heavy atom. The molecule has 0 aliphatic carbocycles. The number of hydrazine groups is 1. The molecular weight excluding hydrogens is 372 g/mol. The second-order valence-corrected chi connectivity index (χ2v) is 7.75. The first-order valence-corrected chi connectivity index (χ1v) is 10.5. The fourth-order valence-corrected chi connectivity index (χ4v) is 3.97. The number of carbonyl (C=O) groups is 2. The third-order valence-electron chi connectivity index (χ3n) is 5.68. The summed E-state index contributed by atoms with van der Waals surface area (Å²) in [5, 5.41) is 2.06. The number of esters is 1. The topological polar surface area (TPSA) is 77.1 Å². The van der Waals surface area contributed by atoms with Gasteiger partial charge in [-0.2, -0.15) is 0 Å². The van der Waals surface area contributed by atoms with E-state index in [1.165, 1.54) is 7.11 Å². The van der Waals surface area contributed by atoms with Crippen LogP contribution in [0.3, 0.4) is 0 Å². The van der Waals surface area contributed by atoms with Gasteiger partial charge < -0.3 is 19.6 Å². The summed E-state index contributed by atoms with van der Waals surface area (Å²) in [6.07, 6.45) is 2.77. The molecule has 2 fully saturated rings. The minimum absolute atomic E-state index is 0.0383. The molecule has 1 aromatic rings. The monoisotopic (exact) mass is 404 g/mol. The van der Waals surface area contributed by atoms with Crippen LogP contribution in [0, 0.1) is 5.92 Å². The summed E-state index contributed by atoms with van der Waals surface area (Å²) in [7, 11) is 1.43. The highest BCUT2D eigenvalue weighted by molar-refractivity contribution is 5.96.